The zero-order chi connectivity index (χ0) is 25.0. The van der Waals surface area contributed by atoms with E-state index in [4.69, 9.17) is 0 Å². The van der Waals surface area contributed by atoms with Gasteiger partial charge in [0.15, 0.2) is 0 Å². The summed E-state index contributed by atoms with van der Waals surface area (Å²) in [6.45, 7) is 0.0306. The third kappa shape index (κ3) is 3.43. The molecule has 6 nitrogen and oxygen atoms in total. The van der Waals surface area contributed by atoms with Crippen LogP contribution in [0.3, 0.4) is 0 Å². The second-order valence-electron chi connectivity index (χ2n) is 8.50. The van der Waals surface area contributed by atoms with Crippen molar-refractivity contribution < 1.29 is 22.8 Å². The molecule has 9 heteroatoms. The van der Waals surface area contributed by atoms with Crippen molar-refractivity contribution >= 4 is 17.5 Å². The van der Waals surface area contributed by atoms with Crippen molar-refractivity contribution in [2.45, 2.75) is 19.3 Å². The van der Waals surface area contributed by atoms with Gasteiger partial charge in [-0.1, -0.05) is 42.5 Å². The summed E-state index contributed by atoms with van der Waals surface area (Å²) in [4.78, 5) is 36.1. The van der Waals surface area contributed by atoms with Gasteiger partial charge in [-0.05, 0) is 30.3 Å². The number of fused-ring (bicyclic) bond motifs is 4. The van der Waals surface area contributed by atoms with E-state index < -0.39 is 23.6 Å². The first-order valence-electron chi connectivity index (χ1n) is 11.2. The molecule has 2 amide bonds. The summed E-state index contributed by atoms with van der Waals surface area (Å²) in [5, 5.41) is 0. The molecule has 0 spiro atoms. The quantitative estimate of drug-likeness (QED) is 0.381. The van der Waals surface area contributed by atoms with Crippen LogP contribution in [0.1, 0.15) is 48.9 Å². The zero-order valence-corrected chi connectivity index (χ0v) is 18.7. The highest BCUT2D eigenvalue weighted by atomic mass is 19.4. The van der Waals surface area contributed by atoms with Crippen LogP contribution in [0.5, 0.6) is 0 Å². The molecule has 0 radical (unpaired) electrons. The summed E-state index contributed by atoms with van der Waals surface area (Å²) in [6.07, 6.45) is -3.01. The fraction of sp³-hybridized carbons (Fsp3) is 0.111. The summed E-state index contributed by atoms with van der Waals surface area (Å²) < 4.78 is 42.6. The van der Waals surface area contributed by atoms with E-state index in [2.05, 4.69) is 9.98 Å². The average molecular weight is 486 g/mol. The lowest BCUT2D eigenvalue weighted by molar-refractivity contribution is -0.137. The molecular weight excluding hydrogens is 469 g/mol. The monoisotopic (exact) mass is 486 g/mol. The summed E-state index contributed by atoms with van der Waals surface area (Å²) in [7, 11) is 0. The summed E-state index contributed by atoms with van der Waals surface area (Å²) >= 11 is 0. The molecule has 0 aliphatic carbocycles. The van der Waals surface area contributed by atoms with Gasteiger partial charge in [0.25, 0.3) is 11.8 Å². The first-order valence-corrected chi connectivity index (χ1v) is 11.2. The molecule has 3 heterocycles. The van der Waals surface area contributed by atoms with Crippen molar-refractivity contribution in [3.05, 3.63) is 118 Å². The Balaban J connectivity index is 1.48. The Morgan fingerprint density at radius 3 is 2.17 bits per heavy atom. The van der Waals surface area contributed by atoms with Gasteiger partial charge in [-0.15, -0.1) is 0 Å². The number of amides is 2. The zero-order valence-electron chi connectivity index (χ0n) is 18.7. The molecular formula is C27H17F3N4O2. The maximum absolute atomic E-state index is 13.7. The molecule has 3 aromatic carbocycles. The van der Waals surface area contributed by atoms with Gasteiger partial charge in [0, 0.05) is 11.1 Å². The number of carbonyl (C=O) groups excluding carboxylic acids is 2. The number of nitrogens with zero attached hydrogens (tertiary/aromatic N) is 4. The van der Waals surface area contributed by atoms with Crippen LogP contribution in [0.2, 0.25) is 0 Å². The van der Waals surface area contributed by atoms with Gasteiger partial charge < -0.3 is 0 Å². The predicted molar refractivity (Wildman–Crippen MR) is 125 cm³/mol. The number of hydrogen-bond donors (Lipinski definition) is 0. The summed E-state index contributed by atoms with van der Waals surface area (Å²) in [6, 6.07) is 19.0. The van der Waals surface area contributed by atoms with Gasteiger partial charge in [0.2, 0.25) is 0 Å². The molecule has 2 aliphatic heterocycles. The third-order valence-electron chi connectivity index (χ3n) is 6.35. The van der Waals surface area contributed by atoms with E-state index in [0.29, 0.717) is 39.6 Å². The number of imidazole rings is 1. The molecule has 178 valence electrons. The van der Waals surface area contributed by atoms with E-state index >= 15 is 0 Å². The van der Waals surface area contributed by atoms with E-state index in [0.717, 1.165) is 17.0 Å². The van der Waals surface area contributed by atoms with Crippen molar-refractivity contribution in [2.24, 2.45) is 4.99 Å². The fourth-order valence-electron chi connectivity index (χ4n) is 4.67. The molecule has 0 bridgehead atoms. The van der Waals surface area contributed by atoms with Crippen LogP contribution >= 0.6 is 0 Å². The van der Waals surface area contributed by atoms with E-state index in [-0.39, 0.29) is 18.7 Å². The van der Waals surface area contributed by atoms with Crippen molar-refractivity contribution in [2.75, 3.05) is 0 Å². The standard InChI is InChI=1S/C27H17F3N4O2/c28-27(29,30)17-10-11-22-21(12-17)24(16-6-2-1-3-7-16)32-14-23-31-13-18(34(22)23)15-33-25(35)19-8-4-5-9-20(19)26(33)36/h1-13H,14-15H2. The van der Waals surface area contributed by atoms with Gasteiger partial charge in [-0.2, -0.15) is 13.2 Å². The van der Waals surface area contributed by atoms with Crippen molar-refractivity contribution in [3.8, 4) is 5.69 Å². The lowest BCUT2D eigenvalue weighted by atomic mass is 9.98. The van der Waals surface area contributed by atoms with Crippen LogP contribution in [-0.2, 0) is 19.3 Å². The maximum Gasteiger partial charge on any atom is 0.416 e. The van der Waals surface area contributed by atoms with Crippen molar-refractivity contribution in [1.29, 1.82) is 0 Å². The third-order valence-corrected chi connectivity index (χ3v) is 6.35. The van der Waals surface area contributed by atoms with Crippen LogP contribution in [0.4, 0.5) is 13.2 Å². The summed E-state index contributed by atoms with van der Waals surface area (Å²) in [5.74, 6) is -0.351. The Morgan fingerprint density at radius 1 is 0.833 bits per heavy atom. The SMILES string of the molecule is O=C1c2ccccc2C(=O)N1Cc1cnc2n1-c1ccc(C(F)(F)F)cc1C(c1ccccc1)=NC2. The molecule has 4 aromatic rings. The van der Waals surface area contributed by atoms with Crippen LogP contribution in [0, 0.1) is 0 Å². The minimum Gasteiger partial charge on any atom is -0.297 e. The highest BCUT2D eigenvalue weighted by Gasteiger charge is 2.37. The first kappa shape index (κ1) is 22.0. The second-order valence-corrected chi connectivity index (χ2v) is 8.50. The number of imide groups is 1. The first-order chi connectivity index (χ1) is 17.3. The summed E-state index contributed by atoms with van der Waals surface area (Å²) in [5.41, 5.74) is 2.16. The number of aromatic nitrogens is 2. The van der Waals surface area contributed by atoms with Gasteiger partial charge >= 0.3 is 6.18 Å². The molecule has 0 fully saturated rings. The highest BCUT2D eigenvalue weighted by molar-refractivity contribution is 6.21. The van der Waals surface area contributed by atoms with Crippen LogP contribution in [0.15, 0.2) is 84.0 Å². The van der Waals surface area contributed by atoms with Crippen molar-refractivity contribution in [1.82, 2.24) is 14.5 Å². The Morgan fingerprint density at radius 2 is 1.50 bits per heavy atom. The Bertz CT molecular complexity index is 1540. The maximum atomic E-state index is 13.7. The van der Waals surface area contributed by atoms with Crippen LogP contribution in [-0.4, -0.2) is 32.0 Å². The number of benzene rings is 3. The molecule has 0 saturated heterocycles. The molecule has 36 heavy (non-hydrogen) atoms. The predicted octanol–water partition coefficient (Wildman–Crippen LogP) is 5.04. The van der Waals surface area contributed by atoms with Gasteiger partial charge in [0.05, 0.1) is 53.1 Å². The van der Waals surface area contributed by atoms with Crippen molar-refractivity contribution in [3.63, 3.8) is 0 Å². The van der Waals surface area contributed by atoms with Crippen LogP contribution < -0.4 is 0 Å². The van der Waals surface area contributed by atoms with E-state index in [1.807, 2.05) is 6.07 Å². The number of carbonyl (C=O) groups is 2. The molecule has 0 unspecified atom stereocenters. The van der Waals surface area contributed by atoms with Gasteiger partial charge in [-0.3, -0.25) is 24.0 Å². The number of hydrogen-bond acceptors (Lipinski definition) is 4. The molecule has 2 aliphatic rings. The number of rotatable bonds is 3. The average Bonchev–Trinajstić information content (AvgIpc) is 3.32. The Hall–Kier alpha value is -4.53. The molecule has 0 atom stereocenters. The Kier molecular flexibility index (Phi) is 4.89. The van der Waals surface area contributed by atoms with Gasteiger partial charge in [-0.25, -0.2) is 4.98 Å². The number of aliphatic imine (C=N–C) groups is 1. The van der Waals surface area contributed by atoms with E-state index in [1.54, 1.807) is 53.1 Å². The normalized spacial score (nSPS) is 14.8. The lowest BCUT2D eigenvalue weighted by Gasteiger charge is -2.19. The molecule has 0 N–H and O–H groups in total. The van der Waals surface area contributed by atoms with E-state index in [1.165, 1.54) is 12.3 Å². The number of alkyl halides is 3. The fourth-order valence-corrected chi connectivity index (χ4v) is 4.67. The largest absolute Gasteiger partial charge is 0.416 e. The minimum absolute atomic E-state index is 0.0829. The topological polar surface area (TPSA) is 67.6 Å². The molecule has 1 aromatic heterocycles. The highest BCUT2D eigenvalue weighted by Crippen LogP contribution is 2.35. The Labute approximate surface area is 203 Å². The lowest BCUT2D eigenvalue weighted by Crippen LogP contribution is -2.30. The second kappa shape index (κ2) is 8.01. The van der Waals surface area contributed by atoms with Crippen LogP contribution in [0.25, 0.3) is 5.69 Å². The smallest absolute Gasteiger partial charge is 0.297 e. The number of halogens is 3. The molecule has 0 saturated carbocycles. The van der Waals surface area contributed by atoms with Gasteiger partial charge in [0.1, 0.15) is 5.82 Å². The van der Waals surface area contributed by atoms with E-state index in [9.17, 15) is 22.8 Å². The molecule has 6 rings (SSSR count). The minimum atomic E-state index is -4.54.